The number of imidazole rings is 1. The second kappa shape index (κ2) is 7.70. The smallest absolute Gasteiger partial charge is 0.321 e. The van der Waals surface area contributed by atoms with Crippen LogP contribution in [0.25, 0.3) is 5.52 Å². The standard InChI is InChI=1S/C17H22N4O2S/c1-12(24-17-18-11-14-9-5-6-10-21(14)17)15(22)20-16(23)19-13-7-3-2-4-8-13/h5-6,9-13H,2-4,7-8H2,1H3,(H2,19,20,22,23). The quantitative estimate of drug-likeness (QED) is 0.835. The van der Waals surface area contributed by atoms with Gasteiger partial charge >= 0.3 is 6.03 Å². The van der Waals surface area contributed by atoms with Gasteiger partial charge in [0.15, 0.2) is 5.16 Å². The number of fused-ring (bicyclic) bond motifs is 1. The number of thioether (sulfide) groups is 1. The van der Waals surface area contributed by atoms with E-state index in [4.69, 9.17) is 0 Å². The SMILES string of the molecule is CC(Sc1ncc2ccccn12)C(=O)NC(=O)NC1CCCCC1. The lowest BCUT2D eigenvalue weighted by Gasteiger charge is -2.23. The molecular formula is C17H22N4O2S. The van der Waals surface area contributed by atoms with E-state index in [9.17, 15) is 9.59 Å². The Labute approximate surface area is 145 Å². The van der Waals surface area contributed by atoms with E-state index in [-0.39, 0.29) is 11.9 Å². The second-order valence-corrected chi connectivity index (χ2v) is 7.40. The van der Waals surface area contributed by atoms with Crippen LogP contribution in [-0.4, -0.2) is 32.6 Å². The Morgan fingerprint density at radius 1 is 1.29 bits per heavy atom. The van der Waals surface area contributed by atoms with Crippen molar-refractivity contribution in [1.82, 2.24) is 20.0 Å². The number of nitrogens with one attached hydrogen (secondary N) is 2. The summed E-state index contributed by atoms with van der Waals surface area (Å²) in [6.07, 6.45) is 9.16. The molecule has 1 atom stereocenters. The first-order valence-electron chi connectivity index (χ1n) is 8.33. The third kappa shape index (κ3) is 4.08. The molecular weight excluding hydrogens is 324 g/mol. The average molecular weight is 346 g/mol. The zero-order chi connectivity index (χ0) is 16.9. The van der Waals surface area contributed by atoms with Crippen LogP contribution in [0.1, 0.15) is 39.0 Å². The van der Waals surface area contributed by atoms with Gasteiger partial charge in [-0.3, -0.25) is 14.5 Å². The van der Waals surface area contributed by atoms with E-state index in [0.29, 0.717) is 0 Å². The molecule has 1 unspecified atom stereocenters. The van der Waals surface area contributed by atoms with Crippen molar-refractivity contribution < 1.29 is 9.59 Å². The van der Waals surface area contributed by atoms with Gasteiger partial charge in [0.1, 0.15) is 0 Å². The van der Waals surface area contributed by atoms with Crippen LogP contribution in [0, 0.1) is 0 Å². The highest BCUT2D eigenvalue weighted by molar-refractivity contribution is 8.00. The fourth-order valence-electron chi connectivity index (χ4n) is 2.90. The Balaban J connectivity index is 1.53. The molecule has 2 aromatic rings. The Morgan fingerprint density at radius 2 is 2.08 bits per heavy atom. The molecule has 0 radical (unpaired) electrons. The maximum absolute atomic E-state index is 12.2. The van der Waals surface area contributed by atoms with Gasteiger partial charge in [-0.15, -0.1) is 0 Å². The van der Waals surface area contributed by atoms with Crippen molar-refractivity contribution in [2.24, 2.45) is 0 Å². The minimum atomic E-state index is -0.409. The summed E-state index contributed by atoms with van der Waals surface area (Å²) in [7, 11) is 0. The van der Waals surface area contributed by atoms with E-state index in [1.54, 1.807) is 13.1 Å². The molecule has 2 aromatic heterocycles. The predicted octanol–water partition coefficient (Wildman–Crippen LogP) is 2.97. The number of amides is 3. The summed E-state index contributed by atoms with van der Waals surface area (Å²) in [4.78, 5) is 28.5. The topological polar surface area (TPSA) is 75.5 Å². The van der Waals surface area contributed by atoms with Gasteiger partial charge in [-0.05, 0) is 31.9 Å². The van der Waals surface area contributed by atoms with E-state index < -0.39 is 11.3 Å². The average Bonchev–Trinajstić information content (AvgIpc) is 2.99. The number of nitrogens with zero attached hydrogens (tertiary/aromatic N) is 2. The molecule has 1 aliphatic carbocycles. The normalized spacial score (nSPS) is 16.7. The highest BCUT2D eigenvalue weighted by Crippen LogP contribution is 2.23. The maximum Gasteiger partial charge on any atom is 0.321 e. The summed E-state index contributed by atoms with van der Waals surface area (Å²) in [5.41, 5.74) is 0.975. The Hall–Kier alpha value is -2.02. The highest BCUT2D eigenvalue weighted by Gasteiger charge is 2.21. The van der Waals surface area contributed by atoms with Crippen molar-refractivity contribution in [3.8, 4) is 0 Å². The molecule has 1 fully saturated rings. The summed E-state index contributed by atoms with van der Waals surface area (Å²) in [5.74, 6) is -0.305. The third-order valence-electron chi connectivity index (χ3n) is 4.23. The van der Waals surface area contributed by atoms with Gasteiger partial charge in [-0.25, -0.2) is 9.78 Å². The number of imide groups is 1. The Kier molecular flexibility index (Phi) is 5.40. The molecule has 0 aromatic carbocycles. The number of hydrogen-bond acceptors (Lipinski definition) is 4. The molecule has 7 heteroatoms. The number of aromatic nitrogens is 2. The predicted molar refractivity (Wildman–Crippen MR) is 94.1 cm³/mol. The van der Waals surface area contributed by atoms with Crippen LogP contribution in [0.3, 0.4) is 0 Å². The van der Waals surface area contributed by atoms with Crippen molar-refractivity contribution in [1.29, 1.82) is 0 Å². The number of pyridine rings is 1. The molecule has 0 saturated heterocycles. The van der Waals surface area contributed by atoms with Crippen LogP contribution in [0.4, 0.5) is 4.79 Å². The molecule has 128 valence electrons. The minimum Gasteiger partial charge on any atom is -0.335 e. The van der Waals surface area contributed by atoms with Gasteiger partial charge in [0.05, 0.1) is 17.0 Å². The molecule has 2 N–H and O–H groups in total. The number of rotatable bonds is 4. The van der Waals surface area contributed by atoms with Crippen LogP contribution < -0.4 is 10.6 Å². The van der Waals surface area contributed by atoms with Crippen LogP contribution in [-0.2, 0) is 4.79 Å². The van der Waals surface area contributed by atoms with Crippen molar-refractivity contribution in [2.75, 3.05) is 0 Å². The summed E-state index contributed by atoms with van der Waals surface area (Å²) < 4.78 is 1.93. The van der Waals surface area contributed by atoms with Gasteiger partial charge in [-0.1, -0.05) is 37.1 Å². The van der Waals surface area contributed by atoms with E-state index in [1.165, 1.54) is 18.2 Å². The first-order valence-corrected chi connectivity index (χ1v) is 9.21. The lowest BCUT2D eigenvalue weighted by Crippen LogP contribution is -2.47. The highest BCUT2D eigenvalue weighted by atomic mass is 32.2. The minimum absolute atomic E-state index is 0.186. The fraction of sp³-hybridized carbons (Fsp3) is 0.471. The summed E-state index contributed by atoms with van der Waals surface area (Å²) >= 11 is 1.34. The van der Waals surface area contributed by atoms with Gasteiger partial charge in [0.2, 0.25) is 5.91 Å². The number of carbonyl (C=O) groups is 2. The van der Waals surface area contributed by atoms with Crippen LogP contribution in [0.5, 0.6) is 0 Å². The molecule has 6 nitrogen and oxygen atoms in total. The Morgan fingerprint density at radius 3 is 2.88 bits per heavy atom. The molecule has 24 heavy (non-hydrogen) atoms. The van der Waals surface area contributed by atoms with E-state index in [1.807, 2.05) is 28.8 Å². The summed E-state index contributed by atoms with van der Waals surface area (Å²) in [6, 6.07) is 5.61. The van der Waals surface area contributed by atoms with Crippen molar-refractivity contribution in [2.45, 2.75) is 55.5 Å². The summed E-state index contributed by atoms with van der Waals surface area (Å²) in [6.45, 7) is 1.78. The van der Waals surface area contributed by atoms with Crippen molar-refractivity contribution in [3.05, 3.63) is 30.6 Å². The van der Waals surface area contributed by atoms with E-state index in [2.05, 4.69) is 15.6 Å². The molecule has 1 aliphatic rings. The number of carbonyl (C=O) groups excluding carboxylic acids is 2. The van der Waals surface area contributed by atoms with Crippen molar-refractivity contribution in [3.63, 3.8) is 0 Å². The summed E-state index contributed by atoms with van der Waals surface area (Å²) in [5, 5.41) is 5.66. The number of urea groups is 1. The van der Waals surface area contributed by atoms with E-state index in [0.717, 1.165) is 36.4 Å². The zero-order valence-corrected chi connectivity index (χ0v) is 14.5. The number of hydrogen-bond donors (Lipinski definition) is 2. The molecule has 0 bridgehead atoms. The molecule has 0 aliphatic heterocycles. The fourth-order valence-corrected chi connectivity index (χ4v) is 3.78. The molecule has 3 amide bonds. The lowest BCUT2D eigenvalue weighted by molar-refractivity contribution is -0.119. The monoisotopic (exact) mass is 346 g/mol. The molecule has 3 rings (SSSR count). The molecule has 2 heterocycles. The van der Waals surface area contributed by atoms with Crippen LogP contribution in [0.15, 0.2) is 35.7 Å². The second-order valence-electron chi connectivity index (χ2n) is 6.09. The zero-order valence-electron chi connectivity index (χ0n) is 13.7. The van der Waals surface area contributed by atoms with Gasteiger partial charge in [-0.2, -0.15) is 0 Å². The molecule has 0 spiro atoms. The molecule has 1 saturated carbocycles. The first-order chi connectivity index (χ1) is 11.6. The lowest BCUT2D eigenvalue weighted by atomic mass is 9.96. The van der Waals surface area contributed by atoms with Gasteiger partial charge in [0.25, 0.3) is 0 Å². The first kappa shape index (κ1) is 16.8. The van der Waals surface area contributed by atoms with Crippen LogP contribution in [0.2, 0.25) is 0 Å². The van der Waals surface area contributed by atoms with E-state index >= 15 is 0 Å². The maximum atomic E-state index is 12.2. The third-order valence-corrected chi connectivity index (χ3v) is 5.31. The largest absolute Gasteiger partial charge is 0.335 e. The van der Waals surface area contributed by atoms with Crippen LogP contribution >= 0.6 is 11.8 Å². The Bertz CT molecular complexity index is 724. The van der Waals surface area contributed by atoms with Crippen molar-refractivity contribution >= 4 is 29.2 Å². The van der Waals surface area contributed by atoms with Gasteiger partial charge in [0, 0.05) is 12.2 Å². The van der Waals surface area contributed by atoms with Gasteiger partial charge < -0.3 is 5.32 Å².